The van der Waals surface area contributed by atoms with E-state index < -0.39 is 33.1 Å². The van der Waals surface area contributed by atoms with Gasteiger partial charge >= 0.3 is 5.97 Å². The first kappa shape index (κ1) is 19.8. The number of para-hydroxylation sites is 1. The highest BCUT2D eigenvalue weighted by molar-refractivity contribution is 7.89. The Morgan fingerprint density at radius 3 is 2.64 bits per heavy atom. The number of aromatic nitrogens is 1. The fraction of sp³-hybridized carbons (Fsp3) is 0.316. The molecule has 1 atom stereocenters. The summed E-state index contributed by atoms with van der Waals surface area (Å²) < 4.78 is 36.3. The van der Waals surface area contributed by atoms with Crippen LogP contribution in [0.5, 0.6) is 0 Å². The van der Waals surface area contributed by atoms with Crippen molar-refractivity contribution in [3.8, 4) is 0 Å². The molecule has 28 heavy (non-hydrogen) atoms. The molecule has 0 spiro atoms. The second-order valence-electron chi connectivity index (χ2n) is 6.48. The first-order chi connectivity index (χ1) is 13.1. The molecule has 9 heteroatoms. The maximum Gasteiger partial charge on any atom is 0.308 e. The number of esters is 1. The standard InChI is InChI=1S/C19H20N2O6S/c1-5-28(24,25)21(4)18-16(26-12(2)22)17(23)19(3,27-18)14-10-13-8-6-7-9-15(13)20-11-14/h6-11H,5H2,1-4H3. The molecule has 0 aliphatic carbocycles. The Morgan fingerprint density at radius 2 is 2.00 bits per heavy atom. The molecule has 0 N–H and O–H groups in total. The molecule has 148 valence electrons. The number of carbonyl (C=O) groups is 2. The van der Waals surface area contributed by atoms with Crippen molar-refractivity contribution in [2.75, 3.05) is 12.8 Å². The molecule has 1 unspecified atom stereocenters. The number of hydrogen-bond acceptors (Lipinski definition) is 7. The number of Topliss-reactive ketones (excluding diaryl/α,β-unsaturated/α-hetero) is 1. The molecule has 1 aromatic carbocycles. The summed E-state index contributed by atoms with van der Waals surface area (Å²) in [6, 6.07) is 9.08. The second kappa shape index (κ2) is 6.90. The fourth-order valence-electron chi connectivity index (χ4n) is 2.88. The summed E-state index contributed by atoms with van der Waals surface area (Å²) in [5.74, 6) is -2.40. The maximum absolute atomic E-state index is 13.1. The average Bonchev–Trinajstić information content (AvgIpc) is 2.92. The topological polar surface area (TPSA) is 103 Å². The fourth-order valence-corrected chi connectivity index (χ4v) is 3.64. The van der Waals surface area contributed by atoms with Crippen molar-refractivity contribution in [1.82, 2.24) is 9.29 Å². The minimum atomic E-state index is -3.75. The van der Waals surface area contributed by atoms with E-state index in [2.05, 4.69) is 4.98 Å². The van der Waals surface area contributed by atoms with Crippen LogP contribution in [-0.2, 0) is 34.7 Å². The van der Waals surface area contributed by atoms with Crippen LogP contribution in [0.15, 0.2) is 48.2 Å². The molecule has 2 heterocycles. The average molecular weight is 404 g/mol. The molecule has 0 radical (unpaired) electrons. The van der Waals surface area contributed by atoms with Crippen molar-refractivity contribution in [1.29, 1.82) is 0 Å². The van der Waals surface area contributed by atoms with Crippen LogP contribution < -0.4 is 0 Å². The number of sulfonamides is 1. The van der Waals surface area contributed by atoms with Gasteiger partial charge in [0, 0.05) is 31.1 Å². The highest BCUT2D eigenvalue weighted by atomic mass is 32.2. The van der Waals surface area contributed by atoms with Crippen LogP contribution in [0.1, 0.15) is 26.3 Å². The van der Waals surface area contributed by atoms with Crippen molar-refractivity contribution in [3.63, 3.8) is 0 Å². The predicted octanol–water partition coefficient (Wildman–Crippen LogP) is 2.06. The van der Waals surface area contributed by atoms with Crippen LogP contribution in [0.2, 0.25) is 0 Å². The van der Waals surface area contributed by atoms with E-state index in [4.69, 9.17) is 9.47 Å². The number of benzene rings is 1. The molecule has 0 saturated carbocycles. The summed E-state index contributed by atoms with van der Waals surface area (Å²) in [5, 5.41) is 0.787. The summed E-state index contributed by atoms with van der Waals surface area (Å²) in [7, 11) is -2.50. The second-order valence-corrected chi connectivity index (χ2v) is 8.77. The third-order valence-electron chi connectivity index (χ3n) is 4.59. The molecule has 8 nitrogen and oxygen atoms in total. The van der Waals surface area contributed by atoms with Crippen molar-refractivity contribution in [3.05, 3.63) is 53.7 Å². The summed E-state index contributed by atoms with van der Waals surface area (Å²) >= 11 is 0. The van der Waals surface area contributed by atoms with Gasteiger partial charge in [-0.2, -0.15) is 0 Å². The monoisotopic (exact) mass is 404 g/mol. The van der Waals surface area contributed by atoms with Gasteiger partial charge in [0.15, 0.2) is 0 Å². The number of nitrogens with zero attached hydrogens (tertiary/aromatic N) is 2. The lowest BCUT2D eigenvalue weighted by molar-refractivity contribution is -0.142. The number of carbonyl (C=O) groups excluding carboxylic acids is 2. The van der Waals surface area contributed by atoms with Gasteiger partial charge in [0.25, 0.3) is 11.7 Å². The highest BCUT2D eigenvalue weighted by Gasteiger charge is 2.51. The summed E-state index contributed by atoms with van der Waals surface area (Å²) in [6.07, 6.45) is 1.49. The van der Waals surface area contributed by atoms with Gasteiger partial charge in [0.2, 0.25) is 21.4 Å². The van der Waals surface area contributed by atoms with Gasteiger partial charge in [0.05, 0.1) is 11.3 Å². The first-order valence-corrected chi connectivity index (χ1v) is 10.2. The molecule has 0 fully saturated rings. The third kappa shape index (κ3) is 3.22. The van der Waals surface area contributed by atoms with Crippen LogP contribution in [0.3, 0.4) is 0 Å². The van der Waals surface area contributed by atoms with E-state index in [1.165, 1.54) is 27.1 Å². The number of ether oxygens (including phenoxy) is 2. The highest BCUT2D eigenvalue weighted by Crippen LogP contribution is 2.41. The van der Waals surface area contributed by atoms with Gasteiger partial charge in [-0.3, -0.25) is 14.6 Å². The van der Waals surface area contributed by atoms with Crippen LogP contribution in [0.25, 0.3) is 10.9 Å². The van der Waals surface area contributed by atoms with E-state index in [0.29, 0.717) is 5.56 Å². The Balaban J connectivity index is 2.11. The number of ketones is 1. The van der Waals surface area contributed by atoms with Crippen LogP contribution in [-0.4, -0.2) is 42.3 Å². The summed E-state index contributed by atoms with van der Waals surface area (Å²) in [4.78, 5) is 29.0. The Morgan fingerprint density at radius 1 is 1.32 bits per heavy atom. The van der Waals surface area contributed by atoms with Gasteiger partial charge in [-0.25, -0.2) is 12.7 Å². The molecule has 1 aliphatic heterocycles. The van der Waals surface area contributed by atoms with Gasteiger partial charge in [-0.05, 0) is 26.0 Å². The van der Waals surface area contributed by atoms with Crippen molar-refractivity contribution in [2.45, 2.75) is 26.4 Å². The largest absolute Gasteiger partial charge is 0.456 e. The van der Waals surface area contributed by atoms with E-state index in [-0.39, 0.29) is 11.6 Å². The van der Waals surface area contributed by atoms with E-state index in [9.17, 15) is 18.0 Å². The van der Waals surface area contributed by atoms with Crippen molar-refractivity contribution < 1.29 is 27.5 Å². The number of pyridine rings is 1. The molecule has 3 rings (SSSR count). The Labute approximate surface area is 162 Å². The third-order valence-corrected chi connectivity index (χ3v) is 6.32. The molecule has 1 aliphatic rings. The molecule has 1 aromatic heterocycles. The van der Waals surface area contributed by atoms with Crippen LogP contribution >= 0.6 is 0 Å². The van der Waals surface area contributed by atoms with E-state index in [0.717, 1.165) is 22.1 Å². The number of hydrogen-bond donors (Lipinski definition) is 0. The normalized spacial score (nSPS) is 19.6. The van der Waals surface area contributed by atoms with Gasteiger partial charge < -0.3 is 9.47 Å². The first-order valence-electron chi connectivity index (χ1n) is 8.58. The molecule has 0 bridgehead atoms. The van der Waals surface area contributed by atoms with Crippen LogP contribution in [0.4, 0.5) is 0 Å². The minimum absolute atomic E-state index is 0.216. The summed E-state index contributed by atoms with van der Waals surface area (Å²) in [6.45, 7) is 4.07. The zero-order valence-electron chi connectivity index (χ0n) is 15.9. The van der Waals surface area contributed by atoms with Crippen molar-refractivity contribution in [2.24, 2.45) is 0 Å². The van der Waals surface area contributed by atoms with E-state index in [1.807, 2.05) is 24.3 Å². The van der Waals surface area contributed by atoms with E-state index in [1.54, 1.807) is 6.07 Å². The van der Waals surface area contributed by atoms with Crippen LogP contribution in [0, 0.1) is 0 Å². The zero-order chi connectivity index (χ0) is 20.7. The lowest BCUT2D eigenvalue weighted by Crippen LogP contribution is -2.33. The van der Waals surface area contributed by atoms with Gasteiger partial charge in [-0.15, -0.1) is 0 Å². The Kier molecular flexibility index (Phi) is 4.88. The minimum Gasteiger partial charge on any atom is -0.456 e. The molecular weight excluding hydrogens is 384 g/mol. The lowest BCUT2D eigenvalue weighted by atomic mass is 9.92. The molecule has 2 aromatic rings. The maximum atomic E-state index is 13.1. The lowest BCUT2D eigenvalue weighted by Gasteiger charge is -2.26. The quantitative estimate of drug-likeness (QED) is 0.703. The SMILES string of the molecule is CCS(=O)(=O)N(C)C1=C(OC(C)=O)C(=O)C(C)(c2cnc3ccccc3c2)O1. The predicted molar refractivity (Wildman–Crippen MR) is 101 cm³/mol. The van der Waals surface area contributed by atoms with Gasteiger partial charge in [-0.1, -0.05) is 18.2 Å². The molecular formula is C19H20N2O6S. The van der Waals surface area contributed by atoms with Gasteiger partial charge in [0.1, 0.15) is 0 Å². The Hall–Kier alpha value is -2.94. The zero-order valence-corrected chi connectivity index (χ0v) is 16.7. The summed E-state index contributed by atoms with van der Waals surface area (Å²) in [5.41, 5.74) is -0.438. The smallest absolute Gasteiger partial charge is 0.308 e. The number of rotatable bonds is 5. The molecule has 0 amide bonds. The number of fused-ring (bicyclic) bond motifs is 1. The Bertz CT molecular complexity index is 1110. The van der Waals surface area contributed by atoms with E-state index >= 15 is 0 Å². The molecule has 0 saturated heterocycles. The van der Waals surface area contributed by atoms with Crippen molar-refractivity contribution >= 4 is 32.7 Å².